The van der Waals surface area contributed by atoms with Crippen LogP contribution in [0.15, 0.2) is 107 Å². The van der Waals surface area contributed by atoms with Gasteiger partial charge in [-0.15, -0.1) is 0 Å². The van der Waals surface area contributed by atoms with Crippen molar-refractivity contribution in [3.8, 4) is 5.75 Å². The molecule has 2 heterocycles. The molecule has 1 aliphatic rings. The molecule has 3 aromatic carbocycles. The topological polar surface area (TPSA) is 126 Å². The van der Waals surface area contributed by atoms with E-state index < -0.39 is 51.6 Å². The number of hydrogen-bond acceptors (Lipinski definition) is 8. The highest BCUT2D eigenvalue weighted by molar-refractivity contribution is 7.86. The predicted molar refractivity (Wildman–Crippen MR) is 152 cm³/mol. The number of benzene rings is 3. The third kappa shape index (κ3) is 5.93. The highest BCUT2D eigenvalue weighted by Crippen LogP contribution is 2.43. The van der Waals surface area contributed by atoms with Gasteiger partial charge in [0.05, 0.1) is 20.0 Å². The third-order valence-electron chi connectivity index (χ3n) is 7.00. The maximum atomic E-state index is 15.8. The summed E-state index contributed by atoms with van der Waals surface area (Å²) in [7, 11) is -2.59. The molecule has 1 aromatic heterocycles. The molecule has 10 nitrogen and oxygen atoms in total. The first-order valence-electron chi connectivity index (χ1n) is 13.0. The molecule has 220 valence electrons. The van der Waals surface area contributed by atoms with Gasteiger partial charge in [0.2, 0.25) is 0 Å². The van der Waals surface area contributed by atoms with Crippen molar-refractivity contribution in [1.29, 1.82) is 0 Å². The zero-order chi connectivity index (χ0) is 29.9. The van der Waals surface area contributed by atoms with Gasteiger partial charge in [0.1, 0.15) is 23.6 Å². The smallest absolute Gasteiger partial charge is 0.330 e. The monoisotopic (exact) mass is 596 g/mol. The van der Waals surface area contributed by atoms with Gasteiger partial charge in [-0.3, -0.25) is 18.5 Å². The molecule has 1 saturated heterocycles. The van der Waals surface area contributed by atoms with Crippen molar-refractivity contribution in [2.24, 2.45) is 0 Å². The van der Waals surface area contributed by atoms with Crippen molar-refractivity contribution >= 4 is 10.1 Å². The van der Waals surface area contributed by atoms with Crippen molar-refractivity contribution < 1.29 is 31.2 Å². The molecule has 1 fully saturated rings. The van der Waals surface area contributed by atoms with Crippen LogP contribution in [0, 0.1) is 0 Å². The van der Waals surface area contributed by atoms with E-state index in [1.54, 1.807) is 19.2 Å². The van der Waals surface area contributed by atoms with Crippen molar-refractivity contribution in [2.45, 2.75) is 30.2 Å². The van der Waals surface area contributed by atoms with Gasteiger partial charge in [0, 0.05) is 12.3 Å². The molecule has 0 unspecified atom stereocenters. The molecule has 0 aliphatic carbocycles. The summed E-state index contributed by atoms with van der Waals surface area (Å²) >= 11 is 0. The molecule has 1 aliphatic heterocycles. The number of hydrogen-bond donors (Lipinski definition) is 1. The lowest BCUT2D eigenvalue weighted by atomic mass is 9.80. The highest BCUT2D eigenvalue weighted by atomic mass is 32.2. The summed E-state index contributed by atoms with van der Waals surface area (Å²) in [5.74, 6) is 0.629. The minimum Gasteiger partial charge on any atom is -0.497 e. The third-order valence-corrected chi connectivity index (χ3v) is 7.57. The molecule has 0 spiro atoms. The van der Waals surface area contributed by atoms with Gasteiger partial charge in [-0.05, 0) is 28.8 Å². The zero-order valence-corrected chi connectivity index (χ0v) is 23.6. The number of aromatic nitrogens is 2. The van der Waals surface area contributed by atoms with Crippen LogP contribution < -0.4 is 16.0 Å². The molecule has 0 saturated carbocycles. The number of nitrogens with zero attached hydrogens (tertiary/aromatic N) is 1. The molecule has 1 N–H and O–H groups in total. The van der Waals surface area contributed by atoms with E-state index in [0.717, 1.165) is 34.2 Å². The molecular formula is C30H29FN2O8S. The number of rotatable bonds is 10. The predicted octanol–water partition coefficient (Wildman–Crippen LogP) is 3.13. The van der Waals surface area contributed by atoms with E-state index in [-0.39, 0.29) is 6.61 Å². The van der Waals surface area contributed by atoms with Crippen LogP contribution in [0.2, 0.25) is 0 Å². The Balaban J connectivity index is 1.59. The van der Waals surface area contributed by atoms with E-state index >= 15 is 4.39 Å². The summed E-state index contributed by atoms with van der Waals surface area (Å²) in [5.41, 5.74) is -0.661. The van der Waals surface area contributed by atoms with Gasteiger partial charge in [-0.1, -0.05) is 72.8 Å². The van der Waals surface area contributed by atoms with E-state index in [0.29, 0.717) is 11.3 Å². The highest BCUT2D eigenvalue weighted by Gasteiger charge is 2.50. The number of alkyl halides is 1. The minimum atomic E-state index is -4.15. The fraction of sp³-hybridized carbons (Fsp3) is 0.267. The largest absolute Gasteiger partial charge is 0.497 e. The van der Waals surface area contributed by atoms with Gasteiger partial charge >= 0.3 is 5.69 Å². The Labute approximate surface area is 241 Å². The summed E-state index contributed by atoms with van der Waals surface area (Å²) in [5, 5.41) is 0. The quantitative estimate of drug-likeness (QED) is 0.219. The van der Waals surface area contributed by atoms with E-state index in [1.807, 2.05) is 77.8 Å². The normalized spacial score (nSPS) is 20.8. The van der Waals surface area contributed by atoms with Crippen LogP contribution in [-0.2, 0) is 29.4 Å². The zero-order valence-electron chi connectivity index (χ0n) is 22.8. The lowest BCUT2D eigenvalue weighted by Gasteiger charge is -2.37. The summed E-state index contributed by atoms with van der Waals surface area (Å²) in [4.78, 5) is 26.1. The number of halogens is 1. The fourth-order valence-corrected chi connectivity index (χ4v) is 5.76. The minimum absolute atomic E-state index is 0.342. The van der Waals surface area contributed by atoms with Crippen molar-refractivity contribution in [3.05, 3.63) is 135 Å². The molecule has 4 atom stereocenters. The molecule has 5 rings (SSSR count). The van der Waals surface area contributed by atoms with E-state index in [2.05, 4.69) is 0 Å². The Hall–Kier alpha value is -4.10. The van der Waals surface area contributed by atoms with Gasteiger partial charge in [0.15, 0.2) is 12.4 Å². The first-order valence-corrected chi connectivity index (χ1v) is 14.8. The fourth-order valence-electron chi connectivity index (χ4n) is 5.13. The number of aromatic amines is 1. The molecule has 12 heteroatoms. The number of ether oxygens (including phenoxy) is 3. The van der Waals surface area contributed by atoms with Gasteiger partial charge < -0.3 is 14.2 Å². The number of nitrogens with one attached hydrogen (secondary N) is 1. The summed E-state index contributed by atoms with van der Waals surface area (Å²) in [6.07, 6.45) is -4.73. The number of methoxy groups -OCH3 is 1. The van der Waals surface area contributed by atoms with Crippen molar-refractivity contribution in [3.63, 3.8) is 0 Å². The van der Waals surface area contributed by atoms with E-state index in [1.165, 1.54) is 0 Å². The first-order chi connectivity index (χ1) is 20.1. The lowest BCUT2D eigenvalue weighted by molar-refractivity contribution is -0.0922. The lowest BCUT2D eigenvalue weighted by Crippen LogP contribution is -2.41. The average Bonchev–Trinajstić information content (AvgIpc) is 3.28. The maximum absolute atomic E-state index is 15.8. The Bertz CT molecular complexity index is 1690. The van der Waals surface area contributed by atoms with Crippen molar-refractivity contribution in [1.82, 2.24) is 9.55 Å². The average molecular weight is 597 g/mol. The Morgan fingerprint density at radius 1 is 0.905 bits per heavy atom. The van der Waals surface area contributed by atoms with Crippen LogP contribution in [0.5, 0.6) is 5.75 Å². The molecule has 4 aromatic rings. The first kappa shape index (κ1) is 29.4. The Morgan fingerprint density at radius 3 is 2.00 bits per heavy atom. The van der Waals surface area contributed by atoms with Gasteiger partial charge in [-0.25, -0.2) is 9.18 Å². The van der Waals surface area contributed by atoms with Crippen molar-refractivity contribution in [2.75, 3.05) is 20.0 Å². The van der Waals surface area contributed by atoms with Crippen LogP contribution in [0.3, 0.4) is 0 Å². The Morgan fingerprint density at radius 2 is 1.48 bits per heavy atom. The molecule has 0 radical (unpaired) electrons. The second-order valence-corrected chi connectivity index (χ2v) is 11.3. The van der Waals surface area contributed by atoms with Gasteiger partial charge in [-0.2, -0.15) is 8.42 Å². The maximum Gasteiger partial charge on any atom is 0.330 e. The molecule has 0 bridgehead atoms. The van der Waals surface area contributed by atoms with Gasteiger partial charge in [0.25, 0.3) is 15.7 Å². The Kier molecular flexibility index (Phi) is 8.41. The summed E-state index contributed by atoms with van der Waals surface area (Å²) < 4.78 is 64.1. The summed E-state index contributed by atoms with van der Waals surface area (Å²) in [6.45, 7) is -0.342. The van der Waals surface area contributed by atoms with Crippen LogP contribution in [0.4, 0.5) is 4.39 Å². The molecular weight excluding hydrogens is 567 g/mol. The van der Waals surface area contributed by atoms with Crippen LogP contribution in [0.25, 0.3) is 0 Å². The molecule has 0 amide bonds. The SMILES string of the molecule is COc1ccc(C(OC[C@H]2O[C@@H](n3ccc(=O)[nH]c3=O)[C@@H](F)[C@@H]2OS(C)(=O)=O)(c2ccccc2)c2ccccc2)cc1. The summed E-state index contributed by atoms with van der Waals surface area (Å²) in [6, 6.07) is 27.0. The molecule has 42 heavy (non-hydrogen) atoms. The standard InChI is InChI=1S/C30H29FN2O8S/c1-38-23-15-13-22(14-16-23)30(20-9-5-3-6-10-20,21-11-7-4-8-12-21)39-19-24-27(41-42(2,36)37)26(31)28(40-24)33-18-17-25(34)32-29(33)35/h3-18,24,26-28H,19H2,1-2H3,(H,32,34,35)/t24-,26+,27-,28-/m1/s1. The second kappa shape index (κ2) is 12.0. The van der Waals surface area contributed by atoms with Crippen LogP contribution in [0.1, 0.15) is 22.9 Å². The van der Waals surface area contributed by atoms with Crippen LogP contribution in [-0.4, -0.2) is 56.3 Å². The van der Waals surface area contributed by atoms with E-state index in [4.69, 9.17) is 18.4 Å². The van der Waals surface area contributed by atoms with Crippen LogP contribution >= 0.6 is 0 Å². The number of H-pyrrole nitrogens is 1. The van der Waals surface area contributed by atoms with E-state index in [9.17, 15) is 18.0 Å². The second-order valence-electron chi connectivity index (χ2n) is 9.74.